The van der Waals surface area contributed by atoms with Crippen molar-refractivity contribution in [3.63, 3.8) is 0 Å². The molecular weight excluding hydrogens is 238 g/mol. The number of rotatable bonds is 4. The predicted octanol–water partition coefficient (Wildman–Crippen LogP) is 2.32. The lowest BCUT2D eigenvalue weighted by Crippen LogP contribution is -1.88. The van der Waals surface area contributed by atoms with Crippen molar-refractivity contribution in [3.8, 4) is 22.1 Å². The molecule has 2 aromatic rings. The average Bonchev–Trinajstić information content (AvgIpc) is 2.86. The van der Waals surface area contributed by atoms with E-state index in [2.05, 4.69) is 4.98 Å². The van der Waals surface area contributed by atoms with Gasteiger partial charge in [-0.3, -0.25) is 0 Å². The molecule has 5 heteroatoms. The number of ether oxygens (including phenoxy) is 2. The van der Waals surface area contributed by atoms with E-state index in [4.69, 9.17) is 14.6 Å². The summed E-state index contributed by atoms with van der Waals surface area (Å²) in [6.07, 6.45) is 1.67. The maximum Gasteiger partial charge on any atom is 0.123 e. The molecule has 0 saturated heterocycles. The van der Waals surface area contributed by atoms with E-state index in [9.17, 15) is 0 Å². The highest BCUT2D eigenvalue weighted by molar-refractivity contribution is 7.15. The number of hydrogen-bond acceptors (Lipinski definition) is 5. The smallest absolute Gasteiger partial charge is 0.123 e. The normalized spacial score (nSPS) is 10.3. The molecule has 1 N–H and O–H groups in total. The number of methoxy groups -OCH3 is 2. The van der Waals surface area contributed by atoms with E-state index in [1.165, 1.54) is 11.3 Å². The highest BCUT2D eigenvalue weighted by Gasteiger charge is 2.08. The molecule has 0 aliphatic carbocycles. The Hall–Kier alpha value is -1.59. The Morgan fingerprint density at radius 2 is 1.82 bits per heavy atom. The summed E-state index contributed by atoms with van der Waals surface area (Å²) in [6.45, 7) is 0.0127. The van der Waals surface area contributed by atoms with Crippen molar-refractivity contribution < 1.29 is 14.6 Å². The molecule has 17 heavy (non-hydrogen) atoms. The van der Waals surface area contributed by atoms with E-state index in [-0.39, 0.29) is 6.61 Å². The number of aromatic nitrogens is 1. The van der Waals surface area contributed by atoms with Crippen LogP contribution in [0.15, 0.2) is 24.4 Å². The summed E-state index contributed by atoms with van der Waals surface area (Å²) >= 11 is 1.45. The Morgan fingerprint density at radius 1 is 1.18 bits per heavy atom. The van der Waals surface area contributed by atoms with Gasteiger partial charge in [0.15, 0.2) is 0 Å². The zero-order valence-electron chi connectivity index (χ0n) is 9.64. The minimum atomic E-state index is 0.0127. The Kier molecular flexibility index (Phi) is 3.61. The summed E-state index contributed by atoms with van der Waals surface area (Å²) in [6, 6.07) is 5.59. The van der Waals surface area contributed by atoms with Gasteiger partial charge >= 0.3 is 0 Å². The fraction of sp³-hybridized carbons (Fsp3) is 0.250. The zero-order valence-corrected chi connectivity index (χ0v) is 10.5. The van der Waals surface area contributed by atoms with E-state index in [1.54, 1.807) is 20.4 Å². The van der Waals surface area contributed by atoms with Crippen molar-refractivity contribution in [2.24, 2.45) is 0 Å². The van der Waals surface area contributed by atoms with Crippen LogP contribution in [0.25, 0.3) is 10.6 Å². The van der Waals surface area contributed by atoms with Crippen LogP contribution in [0.2, 0.25) is 0 Å². The molecule has 0 amide bonds. The molecule has 0 atom stereocenters. The van der Waals surface area contributed by atoms with Gasteiger partial charge in [0.05, 0.1) is 25.7 Å². The summed E-state index contributed by atoms with van der Waals surface area (Å²) in [4.78, 5) is 5.09. The van der Waals surface area contributed by atoms with E-state index in [0.29, 0.717) is 0 Å². The summed E-state index contributed by atoms with van der Waals surface area (Å²) < 4.78 is 10.4. The third-order valence-electron chi connectivity index (χ3n) is 2.31. The highest BCUT2D eigenvalue weighted by atomic mass is 32.1. The summed E-state index contributed by atoms with van der Waals surface area (Å²) in [5.74, 6) is 1.44. The first-order valence-corrected chi connectivity index (χ1v) is 5.87. The van der Waals surface area contributed by atoms with Gasteiger partial charge < -0.3 is 14.6 Å². The molecule has 2 rings (SSSR count). The van der Waals surface area contributed by atoms with Gasteiger partial charge in [-0.05, 0) is 12.1 Å². The standard InChI is InChI=1S/C12H13NO3S/c1-15-9-3-8(4-10(5-9)16-2)12-13-6-11(7-14)17-12/h3-6,14H,7H2,1-2H3. The van der Waals surface area contributed by atoms with Crippen LogP contribution in [0.1, 0.15) is 4.88 Å². The van der Waals surface area contributed by atoms with Gasteiger partial charge in [0, 0.05) is 17.8 Å². The van der Waals surface area contributed by atoms with Crippen LogP contribution in [0.3, 0.4) is 0 Å². The molecule has 0 spiro atoms. The Balaban J connectivity index is 2.43. The van der Waals surface area contributed by atoms with Gasteiger partial charge in [-0.2, -0.15) is 0 Å². The molecule has 0 aliphatic rings. The van der Waals surface area contributed by atoms with Gasteiger partial charge in [-0.15, -0.1) is 11.3 Å². The zero-order chi connectivity index (χ0) is 12.3. The first-order valence-electron chi connectivity index (χ1n) is 5.06. The minimum Gasteiger partial charge on any atom is -0.497 e. The van der Waals surface area contributed by atoms with E-state index >= 15 is 0 Å². The monoisotopic (exact) mass is 251 g/mol. The van der Waals surface area contributed by atoms with Crippen molar-refractivity contribution in [2.45, 2.75) is 6.61 Å². The lowest BCUT2D eigenvalue weighted by atomic mass is 10.2. The second-order valence-electron chi connectivity index (χ2n) is 3.39. The number of nitrogens with zero attached hydrogens (tertiary/aromatic N) is 1. The molecule has 0 saturated carbocycles. The van der Waals surface area contributed by atoms with Gasteiger partial charge in [0.1, 0.15) is 16.5 Å². The van der Waals surface area contributed by atoms with Crippen LogP contribution < -0.4 is 9.47 Å². The van der Waals surface area contributed by atoms with Crippen LogP contribution in [-0.2, 0) is 6.61 Å². The molecule has 0 unspecified atom stereocenters. The second kappa shape index (κ2) is 5.16. The molecular formula is C12H13NO3S. The first kappa shape index (κ1) is 11.9. The van der Waals surface area contributed by atoms with E-state index < -0.39 is 0 Å². The van der Waals surface area contributed by atoms with Crippen molar-refractivity contribution in [1.29, 1.82) is 0 Å². The fourth-order valence-electron chi connectivity index (χ4n) is 1.44. The van der Waals surface area contributed by atoms with Crippen LogP contribution >= 0.6 is 11.3 Å². The molecule has 1 aromatic carbocycles. The summed E-state index contributed by atoms with van der Waals surface area (Å²) in [7, 11) is 3.22. The third kappa shape index (κ3) is 2.57. The van der Waals surface area contributed by atoms with Gasteiger partial charge in [0.2, 0.25) is 0 Å². The average molecular weight is 251 g/mol. The summed E-state index contributed by atoms with van der Waals surface area (Å²) in [5, 5.41) is 9.86. The summed E-state index contributed by atoms with van der Waals surface area (Å²) in [5.41, 5.74) is 0.922. The number of aliphatic hydroxyl groups is 1. The van der Waals surface area contributed by atoms with Crippen molar-refractivity contribution in [2.75, 3.05) is 14.2 Å². The Morgan fingerprint density at radius 3 is 2.29 bits per heavy atom. The molecule has 0 aliphatic heterocycles. The Labute approximate surface area is 103 Å². The fourth-order valence-corrected chi connectivity index (χ4v) is 2.20. The quantitative estimate of drug-likeness (QED) is 0.906. The lowest BCUT2D eigenvalue weighted by molar-refractivity contribution is 0.285. The van der Waals surface area contributed by atoms with Gasteiger partial charge in [0.25, 0.3) is 0 Å². The third-order valence-corrected chi connectivity index (χ3v) is 3.34. The van der Waals surface area contributed by atoms with Crippen LogP contribution in [-0.4, -0.2) is 24.3 Å². The van der Waals surface area contributed by atoms with E-state index in [1.807, 2.05) is 18.2 Å². The van der Waals surface area contributed by atoms with E-state index in [0.717, 1.165) is 26.9 Å². The van der Waals surface area contributed by atoms with Crippen LogP contribution in [0, 0.1) is 0 Å². The minimum absolute atomic E-state index is 0.0127. The second-order valence-corrected chi connectivity index (χ2v) is 4.51. The molecule has 0 bridgehead atoms. The van der Waals surface area contributed by atoms with Gasteiger partial charge in [-0.25, -0.2) is 4.98 Å². The largest absolute Gasteiger partial charge is 0.497 e. The number of thiazole rings is 1. The molecule has 0 radical (unpaired) electrons. The van der Waals surface area contributed by atoms with Gasteiger partial charge in [-0.1, -0.05) is 0 Å². The van der Waals surface area contributed by atoms with Crippen LogP contribution in [0.4, 0.5) is 0 Å². The highest BCUT2D eigenvalue weighted by Crippen LogP contribution is 2.32. The van der Waals surface area contributed by atoms with Crippen molar-refractivity contribution >= 4 is 11.3 Å². The number of aliphatic hydroxyl groups excluding tert-OH is 1. The van der Waals surface area contributed by atoms with Crippen LogP contribution in [0.5, 0.6) is 11.5 Å². The molecule has 4 nitrogen and oxygen atoms in total. The predicted molar refractivity (Wildman–Crippen MR) is 66.6 cm³/mol. The van der Waals surface area contributed by atoms with Crippen molar-refractivity contribution in [1.82, 2.24) is 4.98 Å². The topological polar surface area (TPSA) is 51.6 Å². The SMILES string of the molecule is COc1cc(OC)cc(-c2ncc(CO)s2)c1. The molecule has 90 valence electrons. The number of hydrogen-bond donors (Lipinski definition) is 1. The maximum absolute atomic E-state index is 9.02. The Bertz CT molecular complexity index is 488. The lowest BCUT2D eigenvalue weighted by Gasteiger charge is -2.06. The number of benzene rings is 1. The first-order chi connectivity index (χ1) is 8.26. The molecule has 1 aromatic heterocycles. The van der Waals surface area contributed by atoms with Crippen molar-refractivity contribution in [3.05, 3.63) is 29.3 Å². The molecule has 0 fully saturated rings. The maximum atomic E-state index is 9.02. The molecule has 1 heterocycles.